The Morgan fingerprint density at radius 3 is 2.35 bits per heavy atom. The molecule has 0 unspecified atom stereocenters. The first-order valence-corrected chi connectivity index (χ1v) is 6.13. The SMILES string of the molecule is CC(C)Sc1ccc(NC(=O)CC(=O)O)cc1. The lowest BCUT2D eigenvalue weighted by molar-refractivity contribution is -0.139. The summed E-state index contributed by atoms with van der Waals surface area (Å²) in [7, 11) is 0. The van der Waals surface area contributed by atoms with Gasteiger partial charge in [-0.05, 0) is 24.3 Å². The van der Waals surface area contributed by atoms with Gasteiger partial charge in [-0.2, -0.15) is 0 Å². The summed E-state index contributed by atoms with van der Waals surface area (Å²) in [6.07, 6.45) is -0.511. The number of carboxylic acid groups (broad SMARTS) is 1. The van der Waals surface area contributed by atoms with Crippen LogP contribution in [0, 0.1) is 0 Å². The number of carbonyl (C=O) groups excluding carboxylic acids is 1. The summed E-state index contributed by atoms with van der Waals surface area (Å²) in [6, 6.07) is 7.34. The fourth-order valence-electron chi connectivity index (χ4n) is 1.23. The fraction of sp³-hybridized carbons (Fsp3) is 0.333. The Morgan fingerprint density at radius 1 is 1.29 bits per heavy atom. The molecule has 1 amide bonds. The Bertz CT molecular complexity index is 401. The highest BCUT2D eigenvalue weighted by atomic mass is 32.2. The number of benzene rings is 1. The molecule has 1 rings (SSSR count). The van der Waals surface area contributed by atoms with Crippen LogP contribution in [0.15, 0.2) is 29.2 Å². The van der Waals surface area contributed by atoms with Gasteiger partial charge in [-0.1, -0.05) is 13.8 Å². The highest BCUT2D eigenvalue weighted by Gasteiger charge is 2.07. The second-order valence-corrected chi connectivity index (χ2v) is 5.46. The molecular weight excluding hydrogens is 238 g/mol. The molecule has 0 saturated heterocycles. The van der Waals surface area contributed by atoms with Crippen molar-refractivity contribution in [3.63, 3.8) is 0 Å². The number of thioether (sulfide) groups is 1. The lowest BCUT2D eigenvalue weighted by atomic mass is 10.3. The molecule has 0 aliphatic carbocycles. The molecule has 1 aromatic carbocycles. The van der Waals surface area contributed by atoms with Crippen molar-refractivity contribution in [3.8, 4) is 0 Å². The van der Waals surface area contributed by atoms with Gasteiger partial charge >= 0.3 is 5.97 Å². The van der Waals surface area contributed by atoms with Gasteiger partial charge in [0.05, 0.1) is 0 Å². The standard InChI is InChI=1S/C12H15NO3S/c1-8(2)17-10-5-3-9(4-6-10)13-11(14)7-12(15)16/h3-6,8H,7H2,1-2H3,(H,13,14)(H,15,16). The van der Waals surface area contributed by atoms with Gasteiger partial charge in [-0.25, -0.2) is 0 Å². The van der Waals surface area contributed by atoms with Gasteiger partial charge < -0.3 is 10.4 Å². The van der Waals surface area contributed by atoms with Crippen LogP contribution in [0.25, 0.3) is 0 Å². The molecule has 0 aliphatic heterocycles. The van der Waals surface area contributed by atoms with Gasteiger partial charge in [-0.3, -0.25) is 9.59 Å². The number of amides is 1. The van der Waals surface area contributed by atoms with Gasteiger partial charge in [0.25, 0.3) is 0 Å². The second-order valence-electron chi connectivity index (χ2n) is 3.81. The Hall–Kier alpha value is -1.49. The van der Waals surface area contributed by atoms with Crippen molar-refractivity contribution in [1.29, 1.82) is 0 Å². The van der Waals surface area contributed by atoms with E-state index in [-0.39, 0.29) is 0 Å². The predicted octanol–water partition coefficient (Wildman–Crippen LogP) is 2.60. The van der Waals surface area contributed by atoms with Crippen LogP contribution in [0.3, 0.4) is 0 Å². The van der Waals surface area contributed by atoms with Crippen molar-refractivity contribution in [2.24, 2.45) is 0 Å². The summed E-state index contributed by atoms with van der Waals surface area (Å²) in [5.41, 5.74) is 0.615. The van der Waals surface area contributed by atoms with Crippen LogP contribution in [-0.2, 0) is 9.59 Å². The molecule has 0 atom stereocenters. The Morgan fingerprint density at radius 2 is 1.88 bits per heavy atom. The molecular formula is C12H15NO3S. The maximum atomic E-state index is 11.2. The average molecular weight is 253 g/mol. The van der Waals surface area contributed by atoms with Crippen LogP contribution >= 0.6 is 11.8 Å². The second kappa shape index (κ2) is 6.30. The van der Waals surface area contributed by atoms with Crippen LogP contribution in [-0.4, -0.2) is 22.2 Å². The Balaban J connectivity index is 2.56. The predicted molar refractivity (Wildman–Crippen MR) is 68.3 cm³/mol. The molecule has 0 spiro atoms. The number of hydrogen-bond donors (Lipinski definition) is 2. The molecule has 1 aromatic rings. The zero-order chi connectivity index (χ0) is 12.8. The maximum Gasteiger partial charge on any atom is 0.312 e. The highest BCUT2D eigenvalue weighted by molar-refractivity contribution is 7.99. The third kappa shape index (κ3) is 5.40. The van der Waals surface area contributed by atoms with Crippen molar-refractivity contribution in [2.75, 3.05) is 5.32 Å². The molecule has 17 heavy (non-hydrogen) atoms. The normalized spacial score (nSPS) is 10.3. The quantitative estimate of drug-likeness (QED) is 0.625. The van der Waals surface area contributed by atoms with E-state index in [2.05, 4.69) is 19.2 Å². The van der Waals surface area contributed by atoms with E-state index in [1.54, 1.807) is 23.9 Å². The summed E-state index contributed by atoms with van der Waals surface area (Å²) < 4.78 is 0. The van der Waals surface area contributed by atoms with Crippen LogP contribution in [0.4, 0.5) is 5.69 Å². The first-order chi connectivity index (χ1) is 7.97. The third-order valence-electron chi connectivity index (χ3n) is 1.82. The molecule has 0 aromatic heterocycles. The van der Waals surface area contributed by atoms with Crippen LogP contribution in [0.5, 0.6) is 0 Å². The van der Waals surface area contributed by atoms with E-state index in [0.717, 1.165) is 4.90 Å². The first-order valence-electron chi connectivity index (χ1n) is 5.25. The number of rotatable bonds is 5. The van der Waals surface area contributed by atoms with Crippen molar-refractivity contribution in [1.82, 2.24) is 0 Å². The smallest absolute Gasteiger partial charge is 0.312 e. The molecule has 0 heterocycles. The monoisotopic (exact) mass is 253 g/mol. The van der Waals surface area contributed by atoms with Crippen molar-refractivity contribution >= 4 is 29.3 Å². The van der Waals surface area contributed by atoms with Crippen molar-refractivity contribution < 1.29 is 14.7 Å². The fourth-order valence-corrected chi connectivity index (χ4v) is 2.07. The molecule has 0 bridgehead atoms. The highest BCUT2D eigenvalue weighted by Crippen LogP contribution is 2.24. The molecule has 92 valence electrons. The first kappa shape index (κ1) is 13.6. The molecule has 2 N–H and O–H groups in total. The molecule has 4 nitrogen and oxygen atoms in total. The van der Waals surface area contributed by atoms with E-state index in [1.807, 2.05) is 12.1 Å². The Labute approximate surface area is 104 Å². The van der Waals surface area contributed by atoms with Gasteiger partial charge in [0.15, 0.2) is 0 Å². The summed E-state index contributed by atoms with van der Waals surface area (Å²) >= 11 is 1.73. The molecule has 0 aliphatic rings. The van der Waals surface area contributed by atoms with Gasteiger partial charge in [0.1, 0.15) is 6.42 Å². The largest absolute Gasteiger partial charge is 0.481 e. The molecule has 0 saturated carbocycles. The molecule has 0 fully saturated rings. The van der Waals surface area contributed by atoms with Crippen LogP contribution in [0.1, 0.15) is 20.3 Å². The third-order valence-corrected chi connectivity index (χ3v) is 2.84. The summed E-state index contributed by atoms with van der Waals surface area (Å²) in [6.45, 7) is 4.21. The van der Waals surface area contributed by atoms with Crippen LogP contribution < -0.4 is 5.32 Å². The van der Waals surface area contributed by atoms with E-state index in [0.29, 0.717) is 10.9 Å². The number of carbonyl (C=O) groups is 2. The van der Waals surface area contributed by atoms with Gasteiger partial charge in [0, 0.05) is 15.8 Å². The minimum Gasteiger partial charge on any atom is -0.481 e. The van der Waals surface area contributed by atoms with E-state index >= 15 is 0 Å². The van der Waals surface area contributed by atoms with E-state index < -0.39 is 18.3 Å². The number of hydrogen-bond acceptors (Lipinski definition) is 3. The number of anilines is 1. The van der Waals surface area contributed by atoms with Crippen molar-refractivity contribution in [2.45, 2.75) is 30.4 Å². The average Bonchev–Trinajstić information content (AvgIpc) is 2.18. The minimum atomic E-state index is -1.13. The number of carboxylic acids is 1. The summed E-state index contributed by atoms with van der Waals surface area (Å²) in [5, 5.41) is 11.5. The van der Waals surface area contributed by atoms with E-state index in [9.17, 15) is 9.59 Å². The van der Waals surface area contributed by atoms with Crippen LogP contribution in [0.2, 0.25) is 0 Å². The summed E-state index contributed by atoms with van der Waals surface area (Å²) in [4.78, 5) is 22.6. The van der Waals surface area contributed by atoms with Gasteiger partial charge in [-0.15, -0.1) is 11.8 Å². The van der Waals surface area contributed by atoms with Crippen molar-refractivity contribution in [3.05, 3.63) is 24.3 Å². The van der Waals surface area contributed by atoms with E-state index in [1.165, 1.54) is 0 Å². The maximum absolute atomic E-state index is 11.2. The topological polar surface area (TPSA) is 66.4 Å². The minimum absolute atomic E-state index is 0.502. The lowest BCUT2D eigenvalue weighted by Gasteiger charge is -2.07. The Kier molecular flexibility index (Phi) is 5.03. The molecule has 5 heteroatoms. The zero-order valence-corrected chi connectivity index (χ0v) is 10.6. The van der Waals surface area contributed by atoms with Gasteiger partial charge in [0.2, 0.25) is 5.91 Å². The lowest BCUT2D eigenvalue weighted by Crippen LogP contribution is -2.15. The molecule has 0 radical (unpaired) electrons. The zero-order valence-electron chi connectivity index (χ0n) is 9.77. The van der Waals surface area contributed by atoms with E-state index in [4.69, 9.17) is 5.11 Å². The number of nitrogens with one attached hydrogen (secondary N) is 1. The number of aliphatic carboxylic acids is 1. The summed E-state index contributed by atoms with van der Waals surface area (Å²) in [5.74, 6) is -1.64.